The summed E-state index contributed by atoms with van der Waals surface area (Å²) >= 11 is 1.56. The fourth-order valence-electron chi connectivity index (χ4n) is 1.78. The maximum atomic E-state index is 7.89. The fourth-order valence-corrected chi connectivity index (χ4v) is 2.78. The summed E-state index contributed by atoms with van der Waals surface area (Å²) in [5.74, 6) is 0.602. The van der Waals surface area contributed by atoms with Gasteiger partial charge in [-0.3, -0.25) is 5.41 Å². The number of hydrogen-bond donors (Lipinski definition) is 1. The lowest BCUT2D eigenvalue weighted by Crippen LogP contribution is -2.21. The van der Waals surface area contributed by atoms with Crippen molar-refractivity contribution in [1.29, 1.82) is 5.41 Å². The van der Waals surface area contributed by atoms with Gasteiger partial charge in [0, 0.05) is 18.7 Å². The summed E-state index contributed by atoms with van der Waals surface area (Å²) in [7, 11) is 0. The number of ether oxygens (including phenoxy) is 1. The molecule has 1 aromatic heterocycles. The zero-order valence-corrected chi connectivity index (χ0v) is 9.49. The Morgan fingerprint density at radius 1 is 1.57 bits per heavy atom. The van der Waals surface area contributed by atoms with E-state index in [1.807, 2.05) is 0 Å². The predicted octanol–water partition coefficient (Wildman–Crippen LogP) is 1.76. The number of fused-ring (bicyclic) bond motifs is 1. The van der Waals surface area contributed by atoms with Crippen molar-refractivity contribution in [3.05, 3.63) is 15.4 Å². The molecule has 0 unspecified atom stereocenters. The molecule has 1 aliphatic rings. The van der Waals surface area contributed by atoms with Crippen LogP contribution in [0.5, 0.6) is 0 Å². The summed E-state index contributed by atoms with van der Waals surface area (Å²) in [6.45, 7) is 6.86. The Balaban J connectivity index is 2.38. The molecule has 0 aromatic carbocycles. The van der Waals surface area contributed by atoms with Crippen LogP contribution in [0.1, 0.15) is 24.4 Å². The first kappa shape index (κ1) is 9.93. The van der Waals surface area contributed by atoms with Crippen LogP contribution >= 0.6 is 11.3 Å². The minimum absolute atomic E-state index is 0.602. The first-order chi connectivity index (χ1) is 6.68. The van der Waals surface area contributed by atoms with Crippen molar-refractivity contribution in [2.24, 2.45) is 5.92 Å². The van der Waals surface area contributed by atoms with E-state index in [0.29, 0.717) is 17.3 Å². The van der Waals surface area contributed by atoms with Crippen LogP contribution in [0.2, 0.25) is 0 Å². The quantitative estimate of drug-likeness (QED) is 0.797. The van der Waals surface area contributed by atoms with Crippen molar-refractivity contribution < 1.29 is 4.74 Å². The number of aromatic nitrogens is 1. The van der Waals surface area contributed by atoms with Crippen LogP contribution in [0.25, 0.3) is 0 Å². The molecule has 0 fully saturated rings. The average Bonchev–Trinajstić information content (AvgIpc) is 2.43. The number of nitrogens with one attached hydrogen (secondary N) is 1. The number of rotatable bonds is 2. The van der Waals surface area contributed by atoms with Gasteiger partial charge in [-0.15, -0.1) is 0 Å². The molecule has 3 nitrogen and oxygen atoms in total. The molecule has 4 heteroatoms. The van der Waals surface area contributed by atoms with Crippen LogP contribution in [0.15, 0.2) is 0 Å². The van der Waals surface area contributed by atoms with Gasteiger partial charge in [0.05, 0.1) is 18.1 Å². The Labute approximate surface area is 87.8 Å². The Morgan fingerprint density at radius 3 is 3.07 bits per heavy atom. The molecule has 0 spiro atoms. The van der Waals surface area contributed by atoms with Gasteiger partial charge in [0.1, 0.15) is 0 Å². The lowest BCUT2D eigenvalue weighted by molar-refractivity contribution is 0.110. The SMILES string of the molecule is CC(C)Cn1c2c(sc1=N)COCC2. The summed E-state index contributed by atoms with van der Waals surface area (Å²) in [5.41, 5.74) is 1.33. The second kappa shape index (κ2) is 3.87. The smallest absolute Gasteiger partial charge is 0.182 e. The molecule has 14 heavy (non-hydrogen) atoms. The van der Waals surface area contributed by atoms with E-state index in [4.69, 9.17) is 10.1 Å². The van der Waals surface area contributed by atoms with Gasteiger partial charge in [-0.05, 0) is 5.92 Å². The molecule has 0 bridgehead atoms. The number of thiazole rings is 1. The molecule has 2 rings (SSSR count). The average molecular weight is 212 g/mol. The monoisotopic (exact) mass is 212 g/mol. The van der Waals surface area contributed by atoms with Gasteiger partial charge in [0.15, 0.2) is 4.80 Å². The minimum Gasteiger partial charge on any atom is -0.375 e. The van der Waals surface area contributed by atoms with Crippen molar-refractivity contribution in [1.82, 2.24) is 4.57 Å². The predicted molar refractivity (Wildman–Crippen MR) is 56.4 cm³/mol. The van der Waals surface area contributed by atoms with Gasteiger partial charge in [0.25, 0.3) is 0 Å². The molecule has 0 amide bonds. The Bertz CT molecular complexity index is 378. The highest BCUT2D eigenvalue weighted by Crippen LogP contribution is 2.20. The van der Waals surface area contributed by atoms with Crippen LogP contribution in [-0.2, 0) is 24.3 Å². The molecular weight excluding hydrogens is 196 g/mol. The highest BCUT2D eigenvalue weighted by atomic mass is 32.1. The van der Waals surface area contributed by atoms with Crippen LogP contribution in [0.4, 0.5) is 0 Å². The molecule has 1 aliphatic heterocycles. The third-order valence-corrected chi connectivity index (χ3v) is 3.39. The van der Waals surface area contributed by atoms with Gasteiger partial charge in [0.2, 0.25) is 0 Å². The van der Waals surface area contributed by atoms with Crippen molar-refractivity contribution >= 4 is 11.3 Å². The molecule has 0 atom stereocenters. The van der Waals surface area contributed by atoms with Crippen LogP contribution in [0.3, 0.4) is 0 Å². The lowest BCUT2D eigenvalue weighted by atomic mass is 10.2. The third kappa shape index (κ3) is 1.77. The molecule has 1 aromatic rings. The molecule has 1 N–H and O–H groups in total. The van der Waals surface area contributed by atoms with Gasteiger partial charge >= 0.3 is 0 Å². The standard InChI is InChI=1S/C10H16N2OS/c1-7(2)5-12-8-3-4-13-6-9(8)14-10(12)11/h7,11H,3-6H2,1-2H3. The van der Waals surface area contributed by atoms with Crippen LogP contribution in [-0.4, -0.2) is 11.2 Å². The summed E-state index contributed by atoms with van der Waals surface area (Å²) in [6.07, 6.45) is 0.970. The topological polar surface area (TPSA) is 38.0 Å². The zero-order valence-electron chi connectivity index (χ0n) is 8.67. The molecule has 2 heterocycles. The molecular formula is C10H16N2OS. The largest absolute Gasteiger partial charge is 0.375 e. The van der Waals surface area contributed by atoms with Gasteiger partial charge < -0.3 is 9.30 Å². The number of hydrogen-bond acceptors (Lipinski definition) is 3. The van der Waals surface area contributed by atoms with Gasteiger partial charge in [-0.2, -0.15) is 0 Å². The highest BCUT2D eigenvalue weighted by Gasteiger charge is 2.17. The Kier molecular flexibility index (Phi) is 2.74. The van der Waals surface area contributed by atoms with E-state index in [2.05, 4.69) is 18.4 Å². The van der Waals surface area contributed by atoms with E-state index in [-0.39, 0.29) is 0 Å². The summed E-state index contributed by atoms with van der Waals surface area (Å²) in [6, 6.07) is 0. The van der Waals surface area contributed by atoms with Gasteiger partial charge in [-0.25, -0.2) is 0 Å². The summed E-state index contributed by atoms with van der Waals surface area (Å²) < 4.78 is 7.53. The van der Waals surface area contributed by atoms with E-state index >= 15 is 0 Å². The van der Waals surface area contributed by atoms with E-state index in [1.165, 1.54) is 10.6 Å². The van der Waals surface area contributed by atoms with E-state index in [9.17, 15) is 0 Å². The summed E-state index contributed by atoms with van der Waals surface area (Å²) in [4.78, 5) is 1.93. The first-order valence-corrected chi connectivity index (χ1v) is 5.84. The van der Waals surface area contributed by atoms with Crippen molar-refractivity contribution in [3.8, 4) is 0 Å². The highest BCUT2D eigenvalue weighted by molar-refractivity contribution is 7.09. The van der Waals surface area contributed by atoms with Crippen molar-refractivity contribution in [3.63, 3.8) is 0 Å². The minimum atomic E-state index is 0.602. The first-order valence-electron chi connectivity index (χ1n) is 5.02. The fraction of sp³-hybridized carbons (Fsp3) is 0.700. The normalized spacial score (nSPS) is 15.9. The number of nitrogens with zero attached hydrogens (tertiary/aromatic N) is 1. The van der Waals surface area contributed by atoms with Crippen LogP contribution < -0.4 is 4.80 Å². The Morgan fingerprint density at radius 2 is 2.36 bits per heavy atom. The van der Waals surface area contributed by atoms with E-state index in [1.54, 1.807) is 11.3 Å². The van der Waals surface area contributed by atoms with E-state index < -0.39 is 0 Å². The third-order valence-electron chi connectivity index (χ3n) is 2.38. The van der Waals surface area contributed by atoms with E-state index in [0.717, 1.165) is 19.6 Å². The zero-order chi connectivity index (χ0) is 10.1. The lowest BCUT2D eigenvalue weighted by Gasteiger charge is -2.16. The second-order valence-corrected chi connectivity index (χ2v) is 5.17. The molecule has 78 valence electrons. The van der Waals surface area contributed by atoms with Crippen LogP contribution in [0, 0.1) is 11.3 Å². The van der Waals surface area contributed by atoms with Crippen molar-refractivity contribution in [2.75, 3.05) is 6.61 Å². The maximum Gasteiger partial charge on any atom is 0.182 e. The molecule has 0 saturated carbocycles. The molecule has 0 radical (unpaired) electrons. The maximum absolute atomic E-state index is 7.89. The molecule has 0 saturated heterocycles. The Hall–Kier alpha value is -0.610. The van der Waals surface area contributed by atoms with Crippen molar-refractivity contribution in [2.45, 2.75) is 33.4 Å². The summed E-state index contributed by atoms with van der Waals surface area (Å²) in [5, 5.41) is 7.89. The molecule has 0 aliphatic carbocycles. The van der Waals surface area contributed by atoms with Gasteiger partial charge in [-0.1, -0.05) is 25.2 Å². The second-order valence-electron chi connectivity index (χ2n) is 4.08.